The van der Waals surface area contributed by atoms with Crippen LogP contribution in [0.3, 0.4) is 0 Å². The molecule has 0 heterocycles. The monoisotopic (exact) mass is 248 g/mol. The molecule has 0 amide bonds. The average molecular weight is 248 g/mol. The molecule has 0 unspecified atom stereocenters. The summed E-state index contributed by atoms with van der Waals surface area (Å²) in [5.41, 5.74) is 9.93. The van der Waals surface area contributed by atoms with Crippen molar-refractivity contribution in [1.29, 1.82) is 0 Å². The fraction of sp³-hybridized carbons (Fsp3) is 0.364. The maximum atomic E-state index is 8.36. The molecule has 0 radical (unpaired) electrons. The van der Waals surface area contributed by atoms with Crippen LogP contribution >= 0.6 is 0 Å². The first-order chi connectivity index (χ1) is 8.03. The summed E-state index contributed by atoms with van der Waals surface area (Å²) in [6.45, 7) is 6.34. The van der Waals surface area contributed by atoms with E-state index in [1.54, 1.807) is 0 Å². The van der Waals surface area contributed by atoms with Crippen LogP contribution in [-0.4, -0.2) is 20.6 Å². The van der Waals surface area contributed by atoms with Gasteiger partial charge in [-0.3, -0.25) is 0 Å². The van der Waals surface area contributed by atoms with Crippen molar-refractivity contribution < 1.29 is 4.53 Å². The molecule has 0 aliphatic heterocycles. The minimum absolute atomic E-state index is 0.199. The van der Waals surface area contributed by atoms with Crippen LogP contribution in [0.2, 0.25) is 19.6 Å². The highest BCUT2D eigenvalue weighted by Crippen LogP contribution is 2.07. The summed E-state index contributed by atoms with van der Waals surface area (Å²) in [4.78, 5) is 2.75. The lowest BCUT2D eigenvalue weighted by atomic mass is 10.1. The van der Waals surface area contributed by atoms with Gasteiger partial charge in [0.2, 0.25) is 0 Å². The Balaban J connectivity index is 2.92. The van der Waals surface area contributed by atoms with Gasteiger partial charge in [-0.2, -0.15) is 0 Å². The van der Waals surface area contributed by atoms with E-state index in [-0.39, 0.29) is 6.54 Å². The summed E-state index contributed by atoms with van der Waals surface area (Å²) in [5, 5.41) is 7.65. The predicted molar refractivity (Wildman–Crippen MR) is 71.4 cm³/mol. The number of oxime groups is 1. The van der Waals surface area contributed by atoms with Gasteiger partial charge in [0.15, 0.2) is 0 Å². The van der Waals surface area contributed by atoms with Gasteiger partial charge in [0.25, 0.3) is 8.32 Å². The third-order valence-corrected chi connectivity index (χ3v) is 2.46. The van der Waals surface area contributed by atoms with E-state index in [0.717, 1.165) is 5.56 Å². The molecule has 6 heteroatoms. The molecule has 0 bridgehead atoms. The second kappa shape index (κ2) is 6.08. The molecule has 5 nitrogen and oxygen atoms in total. The maximum absolute atomic E-state index is 8.36. The van der Waals surface area contributed by atoms with Crippen molar-refractivity contribution in [3.63, 3.8) is 0 Å². The molecule has 0 fully saturated rings. The molecule has 0 aliphatic carbocycles. The molecule has 1 aromatic carbocycles. The lowest BCUT2D eigenvalue weighted by Gasteiger charge is -2.14. The number of nitrogens with zero attached hydrogens (tertiary/aromatic N) is 4. The molecule has 17 heavy (non-hydrogen) atoms. The SMILES string of the molecule is C[Si](C)(C)O/N=C(/CN=[N+]=[N-])c1ccccc1. The van der Waals surface area contributed by atoms with Crippen LogP contribution in [0.1, 0.15) is 5.56 Å². The molecule has 1 rings (SSSR count). The van der Waals surface area contributed by atoms with E-state index in [4.69, 9.17) is 10.1 Å². The van der Waals surface area contributed by atoms with Gasteiger partial charge in [-0.1, -0.05) is 35.4 Å². The van der Waals surface area contributed by atoms with Crippen LogP contribution < -0.4 is 0 Å². The Morgan fingerprint density at radius 2 is 1.94 bits per heavy atom. The predicted octanol–water partition coefficient (Wildman–Crippen LogP) is 3.55. The van der Waals surface area contributed by atoms with Gasteiger partial charge in [0, 0.05) is 4.91 Å². The van der Waals surface area contributed by atoms with E-state index < -0.39 is 8.32 Å². The van der Waals surface area contributed by atoms with E-state index in [9.17, 15) is 0 Å². The molecular weight excluding hydrogens is 232 g/mol. The van der Waals surface area contributed by atoms with E-state index >= 15 is 0 Å². The normalized spacial score (nSPS) is 11.8. The zero-order valence-corrected chi connectivity index (χ0v) is 11.3. The van der Waals surface area contributed by atoms with E-state index in [1.807, 2.05) is 50.0 Å². The highest BCUT2D eigenvalue weighted by molar-refractivity contribution is 6.69. The number of benzene rings is 1. The van der Waals surface area contributed by atoms with E-state index in [2.05, 4.69) is 15.2 Å². The zero-order valence-electron chi connectivity index (χ0n) is 10.3. The first-order valence-corrected chi connectivity index (χ1v) is 8.75. The van der Waals surface area contributed by atoms with E-state index in [0.29, 0.717) is 5.71 Å². The largest absolute Gasteiger partial charge is 0.455 e. The van der Waals surface area contributed by atoms with Crippen LogP contribution in [0.4, 0.5) is 0 Å². The molecule has 0 spiro atoms. The highest BCUT2D eigenvalue weighted by atomic mass is 28.4. The molecule has 0 atom stereocenters. The smallest absolute Gasteiger partial charge is 0.278 e. The van der Waals surface area contributed by atoms with Gasteiger partial charge in [-0.15, -0.1) is 5.16 Å². The topological polar surface area (TPSA) is 70.4 Å². The van der Waals surface area contributed by atoms with Gasteiger partial charge in [-0.25, -0.2) is 0 Å². The minimum atomic E-state index is -1.71. The third kappa shape index (κ3) is 5.19. The number of hydrogen-bond donors (Lipinski definition) is 0. The average Bonchev–Trinajstić information content (AvgIpc) is 2.29. The Hall–Kier alpha value is -1.78. The van der Waals surface area contributed by atoms with Gasteiger partial charge in [0.1, 0.15) is 0 Å². The Morgan fingerprint density at radius 3 is 2.47 bits per heavy atom. The summed E-state index contributed by atoms with van der Waals surface area (Å²) >= 11 is 0. The van der Waals surface area contributed by atoms with Gasteiger partial charge >= 0.3 is 0 Å². The first kappa shape index (κ1) is 13.3. The van der Waals surface area contributed by atoms with Crippen LogP contribution in [0, 0.1) is 0 Å². The van der Waals surface area contributed by atoms with Gasteiger partial charge < -0.3 is 4.53 Å². The van der Waals surface area contributed by atoms with Crippen molar-refractivity contribution in [2.45, 2.75) is 19.6 Å². The number of rotatable bonds is 5. The third-order valence-electron chi connectivity index (χ3n) is 1.82. The summed E-state index contributed by atoms with van der Waals surface area (Å²) < 4.78 is 5.49. The van der Waals surface area contributed by atoms with Crippen molar-refractivity contribution in [2.24, 2.45) is 10.3 Å². The molecule has 1 aromatic rings. The lowest BCUT2D eigenvalue weighted by Crippen LogP contribution is -2.23. The van der Waals surface area contributed by atoms with Gasteiger partial charge in [-0.05, 0) is 30.7 Å². The van der Waals surface area contributed by atoms with Crippen LogP contribution in [-0.2, 0) is 4.53 Å². The summed E-state index contributed by atoms with van der Waals surface area (Å²) in [6, 6.07) is 9.58. The second-order valence-electron chi connectivity index (χ2n) is 4.50. The van der Waals surface area contributed by atoms with Gasteiger partial charge in [0.05, 0.1) is 12.3 Å². The molecular formula is C11H16N4OSi. The Kier molecular flexibility index (Phi) is 4.75. The van der Waals surface area contributed by atoms with Crippen molar-refractivity contribution in [3.8, 4) is 0 Å². The van der Waals surface area contributed by atoms with Crippen molar-refractivity contribution >= 4 is 14.0 Å². The Labute approximate surface area is 102 Å². The zero-order chi connectivity index (χ0) is 12.7. The molecule has 0 aromatic heterocycles. The summed E-state index contributed by atoms with van der Waals surface area (Å²) in [7, 11) is -1.71. The summed E-state index contributed by atoms with van der Waals surface area (Å²) in [6.07, 6.45) is 0. The quantitative estimate of drug-likeness (QED) is 0.196. The van der Waals surface area contributed by atoms with Crippen molar-refractivity contribution in [1.82, 2.24) is 0 Å². The fourth-order valence-corrected chi connectivity index (χ4v) is 1.48. The summed E-state index contributed by atoms with van der Waals surface area (Å²) in [5.74, 6) is 0. The first-order valence-electron chi connectivity index (χ1n) is 5.34. The number of hydrogen-bond acceptors (Lipinski definition) is 3. The second-order valence-corrected chi connectivity index (χ2v) is 8.90. The number of azide groups is 1. The van der Waals surface area contributed by atoms with Crippen LogP contribution in [0.5, 0.6) is 0 Å². The standard InChI is InChI=1S/C11H16N4OSi/c1-17(2,3)16-14-11(9-13-15-12)10-7-5-4-6-8-10/h4-8H,9H2,1-3H3/b14-11-. The molecule has 0 aliphatic rings. The lowest BCUT2D eigenvalue weighted by molar-refractivity contribution is 0.335. The van der Waals surface area contributed by atoms with Crippen LogP contribution in [0.25, 0.3) is 10.4 Å². The Bertz CT molecular complexity index is 433. The molecule has 0 N–H and O–H groups in total. The van der Waals surface area contributed by atoms with Crippen molar-refractivity contribution in [3.05, 3.63) is 46.3 Å². The fourth-order valence-electron chi connectivity index (χ4n) is 1.09. The molecule has 0 saturated heterocycles. The van der Waals surface area contributed by atoms with Crippen molar-refractivity contribution in [2.75, 3.05) is 6.54 Å². The van der Waals surface area contributed by atoms with E-state index in [1.165, 1.54) is 0 Å². The molecule has 90 valence electrons. The Morgan fingerprint density at radius 1 is 1.29 bits per heavy atom. The minimum Gasteiger partial charge on any atom is -0.455 e. The molecule has 0 saturated carbocycles. The van der Waals surface area contributed by atoms with Crippen LogP contribution in [0.15, 0.2) is 40.6 Å². The maximum Gasteiger partial charge on any atom is 0.278 e. The highest BCUT2D eigenvalue weighted by Gasteiger charge is 2.16.